The molecule has 2 fully saturated rings. The van der Waals surface area contributed by atoms with Crippen LogP contribution in [0.3, 0.4) is 0 Å². The standard InChI is InChI=1S/C22H31N3O2/c26-21(16-17-9-10-18-5-4-6-19(18)15-17)24-11-13-25(14-12-24)22(27)23-20-7-2-1-3-8-20/h9-10,15,20H,1-8,11-14,16H2,(H,23,27). The van der Waals surface area contributed by atoms with Crippen molar-refractivity contribution in [3.8, 4) is 0 Å². The number of hydrogen-bond acceptors (Lipinski definition) is 2. The second-order valence-corrected chi connectivity index (χ2v) is 8.29. The van der Waals surface area contributed by atoms with Gasteiger partial charge in [0.05, 0.1) is 6.42 Å². The van der Waals surface area contributed by atoms with Crippen LogP contribution in [0.2, 0.25) is 0 Å². The molecule has 1 aromatic rings. The van der Waals surface area contributed by atoms with Crippen molar-refractivity contribution in [2.24, 2.45) is 0 Å². The Kier molecular flexibility index (Phi) is 5.65. The molecule has 3 amide bonds. The van der Waals surface area contributed by atoms with Crippen LogP contribution < -0.4 is 5.32 Å². The van der Waals surface area contributed by atoms with E-state index in [9.17, 15) is 9.59 Å². The topological polar surface area (TPSA) is 52.7 Å². The predicted molar refractivity (Wildman–Crippen MR) is 106 cm³/mol. The zero-order valence-corrected chi connectivity index (χ0v) is 16.2. The van der Waals surface area contributed by atoms with Gasteiger partial charge >= 0.3 is 6.03 Å². The summed E-state index contributed by atoms with van der Waals surface area (Å²) in [5.74, 6) is 0.181. The molecule has 0 unspecified atom stereocenters. The molecule has 0 aromatic heterocycles. The molecule has 1 N–H and O–H groups in total. The number of piperazine rings is 1. The van der Waals surface area contributed by atoms with E-state index < -0.39 is 0 Å². The molecule has 5 heteroatoms. The predicted octanol–water partition coefficient (Wildman–Crippen LogP) is 2.90. The van der Waals surface area contributed by atoms with E-state index in [0.29, 0.717) is 38.6 Å². The SMILES string of the molecule is O=C(Cc1ccc2c(c1)CCC2)N1CCN(C(=O)NC2CCCCC2)CC1. The number of carbonyl (C=O) groups is 2. The Morgan fingerprint density at radius 1 is 0.889 bits per heavy atom. The second-order valence-electron chi connectivity index (χ2n) is 8.29. The monoisotopic (exact) mass is 369 g/mol. The minimum absolute atomic E-state index is 0.0487. The highest BCUT2D eigenvalue weighted by Crippen LogP contribution is 2.23. The van der Waals surface area contributed by atoms with E-state index in [4.69, 9.17) is 0 Å². The third-order valence-corrected chi connectivity index (χ3v) is 6.37. The highest BCUT2D eigenvalue weighted by molar-refractivity contribution is 5.80. The van der Waals surface area contributed by atoms with Gasteiger partial charge in [-0.2, -0.15) is 0 Å². The fraction of sp³-hybridized carbons (Fsp3) is 0.636. The van der Waals surface area contributed by atoms with Crippen LogP contribution in [0.1, 0.15) is 55.2 Å². The molecule has 0 bridgehead atoms. The van der Waals surface area contributed by atoms with Crippen molar-refractivity contribution in [3.05, 3.63) is 34.9 Å². The van der Waals surface area contributed by atoms with Crippen molar-refractivity contribution < 1.29 is 9.59 Å². The quantitative estimate of drug-likeness (QED) is 0.891. The lowest BCUT2D eigenvalue weighted by molar-refractivity contribution is -0.131. The maximum Gasteiger partial charge on any atom is 0.317 e. The van der Waals surface area contributed by atoms with E-state index in [1.807, 2.05) is 9.80 Å². The van der Waals surface area contributed by atoms with Gasteiger partial charge in [-0.25, -0.2) is 4.79 Å². The smallest absolute Gasteiger partial charge is 0.317 e. The first kappa shape index (κ1) is 18.3. The Hall–Kier alpha value is -2.04. The normalized spacial score (nSPS) is 20.4. The summed E-state index contributed by atoms with van der Waals surface area (Å²) < 4.78 is 0. The minimum Gasteiger partial charge on any atom is -0.339 e. The number of rotatable bonds is 3. The molecule has 0 atom stereocenters. The summed E-state index contributed by atoms with van der Waals surface area (Å²) in [7, 11) is 0. The molecular weight excluding hydrogens is 338 g/mol. The van der Waals surface area contributed by atoms with Crippen LogP contribution in [0.25, 0.3) is 0 Å². The number of nitrogens with one attached hydrogen (secondary N) is 1. The van der Waals surface area contributed by atoms with Crippen LogP contribution >= 0.6 is 0 Å². The van der Waals surface area contributed by atoms with E-state index in [1.54, 1.807) is 0 Å². The largest absolute Gasteiger partial charge is 0.339 e. The van der Waals surface area contributed by atoms with Crippen molar-refractivity contribution >= 4 is 11.9 Å². The van der Waals surface area contributed by atoms with Gasteiger partial charge in [-0.1, -0.05) is 37.5 Å². The van der Waals surface area contributed by atoms with Gasteiger partial charge in [0.2, 0.25) is 5.91 Å². The van der Waals surface area contributed by atoms with Gasteiger partial charge in [0.15, 0.2) is 0 Å². The van der Waals surface area contributed by atoms with Crippen LogP contribution in [0.4, 0.5) is 4.79 Å². The van der Waals surface area contributed by atoms with Gasteiger partial charge in [0, 0.05) is 32.2 Å². The third-order valence-electron chi connectivity index (χ3n) is 6.37. The Labute approximate surface area is 162 Å². The Morgan fingerprint density at radius 3 is 2.37 bits per heavy atom. The molecule has 1 heterocycles. The van der Waals surface area contributed by atoms with E-state index in [2.05, 4.69) is 23.5 Å². The average Bonchev–Trinajstić information content (AvgIpc) is 3.16. The second kappa shape index (κ2) is 8.32. The molecule has 27 heavy (non-hydrogen) atoms. The molecule has 1 aromatic carbocycles. The number of carbonyl (C=O) groups excluding carboxylic acids is 2. The summed E-state index contributed by atoms with van der Waals surface area (Å²) in [5, 5.41) is 3.18. The van der Waals surface area contributed by atoms with Crippen LogP contribution in [0.15, 0.2) is 18.2 Å². The number of urea groups is 1. The maximum atomic E-state index is 12.7. The van der Waals surface area contributed by atoms with Gasteiger partial charge in [-0.15, -0.1) is 0 Å². The summed E-state index contributed by atoms with van der Waals surface area (Å²) >= 11 is 0. The van der Waals surface area contributed by atoms with Crippen molar-refractivity contribution in [2.75, 3.05) is 26.2 Å². The first-order valence-electron chi connectivity index (χ1n) is 10.6. The van der Waals surface area contributed by atoms with E-state index in [0.717, 1.165) is 24.8 Å². The van der Waals surface area contributed by atoms with Crippen molar-refractivity contribution in [2.45, 2.75) is 63.8 Å². The summed E-state index contributed by atoms with van der Waals surface area (Å²) in [6.45, 7) is 2.55. The number of amides is 3. The number of hydrogen-bond donors (Lipinski definition) is 1. The van der Waals surface area contributed by atoms with Gasteiger partial charge in [-0.3, -0.25) is 4.79 Å². The molecule has 146 valence electrons. The van der Waals surface area contributed by atoms with Gasteiger partial charge in [0.1, 0.15) is 0 Å². The Bertz CT molecular complexity index is 689. The van der Waals surface area contributed by atoms with Crippen LogP contribution in [-0.4, -0.2) is 54.0 Å². The molecule has 1 saturated heterocycles. The lowest BCUT2D eigenvalue weighted by Gasteiger charge is -2.36. The van der Waals surface area contributed by atoms with Crippen LogP contribution in [0, 0.1) is 0 Å². The first-order chi connectivity index (χ1) is 13.2. The summed E-state index contributed by atoms with van der Waals surface area (Å²) in [6.07, 6.45) is 9.96. The molecule has 1 aliphatic heterocycles. The number of aryl methyl sites for hydroxylation is 2. The van der Waals surface area contributed by atoms with Crippen LogP contribution in [0.5, 0.6) is 0 Å². The summed E-state index contributed by atoms with van der Waals surface area (Å²) in [6, 6.07) is 6.90. The fourth-order valence-electron chi connectivity index (χ4n) is 4.69. The summed E-state index contributed by atoms with van der Waals surface area (Å²) in [5.41, 5.74) is 3.99. The van der Waals surface area contributed by atoms with Crippen molar-refractivity contribution in [1.82, 2.24) is 15.1 Å². The van der Waals surface area contributed by atoms with E-state index >= 15 is 0 Å². The Balaban J connectivity index is 1.24. The maximum absolute atomic E-state index is 12.7. The molecule has 4 rings (SSSR count). The zero-order valence-electron chi connectivity index (χ0n) is 16.2. The van der Waals surface area contributed by atoms with E-state index in [1.165, 1.54) is 43.2 Å². The number of benzene rings is 1. The lowest BCUT2D eigenvalue weighted by atomic mass is 9.96. The molecule has 2 aliphatic carbocycles. The highest BCUT2D eigenvalue weighted by Gasteiger charge is 2.26. The molecule has 0 spiro atoms. The molecule has 5 nitrogen and oxygen atoms in total. The highest BCUT2D eigenvalue weighted by atomic mass is 16.2. The minimum atomic E-state index is 0.0487. The molecule has 3 aliphatic rings. The van der Waals surface area contributed by atoms with Crippen molar-refractivity contribution in [3.63, 3.8) is 0 Å². The zero-order chi connectivity index (χ0) is 18.6. The van der Waals surface area contributed by atoms with E-state index in [-0.39, 0.29) is 11.9 Å². The number of nitrogens with zero attached hydrogens (tertiary/aromatic N) is 2. The summed E-state index contributed by atoms with van der Waals surface area (Å²) in [4.78, 5) is 28.9. The first-order valence-corrected chi connectivity index (χ1v) is 10.6. The van der Waals surface area contributed by atoms with Gasteiger partial charge < -0.3 is 15.1 Å². The average molecular weight is 370 g/mol. The number of fused-ring (bicyclic) bond motifs is 1. The molecule has 1 saturated carbocycles. The molecular formula is C22H31N3O2. The fourth-order valence-corrected chi connectivity index (χ4v) is 4.69. The van der Waals surface area contributed by atoms with Crippen LogP contribution in [-0.2, 0) is 24.1 Å². The van der Waals surface area contributed by atoms with Crippen molar-refractivity contribution in [1.29, 1.82) is 0 Å². The lowest BCUT2D eigenvalue weighted by Crippen LogP contribution is -2.54. The Morgan fingerprint density at radius 2 is 1.59 bits per heavy atom. The third kappa shape index (κ3) is 4.45. The van der Waals surface area contributed by atoms with Gasteiger partial charge in [-0.05, 0) is 48.8 Å². The molecule has 0 radical (unpaired) electrons. The van der Waals surface area contributed by atoms with Gasteiger partial charge in [0.25, 0.3) is 0 Å².